The van der Waals surface area contributed by atoms with Gasteiger partial charge in [0, 0.05) is 17.6 Å². The van der Waals surface area contributed by atoms with Gasteiger partial charge in [0.15, 0.2) is 11.6 Å². The smallest absolute Gasteiger partial charge is 0.174 e. The van der Waals surface area contributed by atoms with Crippen LogP contribution in [-0.4, -0.2) is 11.7 Å². The number of aromatic nitrogens is 1. The van der Waals surface area contributed by atoms with E-state index in [2.05, 4.69) is 11.5 Å². The molecule has 0 unspecified atom stereocenters. The molecule has 0 spiro atoms. The number of benzene rings is 1. The molecule has 0 aliphatic rings. The predicted molar refractivity (Wildman–Crippen MR) is 58.9 cm³/mol. The summed E-state index contributed by atoms with van der Waals surface area (Å²) >= 11 is 0. The van der Waals surface area contributed by atoms with Crippen molar-refractivity contribution in [3.63, 3.8) is 0 Å². The van der Waals surface area contributed by atoms with Gasteiger partial charge in [0.2, 0.25) is 0 Å². The Labute approximate surface area is 88.3 Å². The van der Waals surface area contributed by atoms with Gasteiger partial charge in [-0.05, 0) is 32.0 Å². The summed E-state index contributed by atoms with van der Waals surface area (Å²) in [6.45, 7) is 4.88. The molecule has 2 nitrogen and oxygen atoms in total. The lowest BCUT2D eigenvalue weighted by molar-refractivity contribution is 0.389. The normalized spacial score (nSPS) is 10.9. The fourth-order valence-electron chi connectivity index (χ4n) is 1.99. The largest absolute Gasteiger partial charge is 0.494 e. The molecule has 0 bridgehead atoms. The number of halogens is 1. The van der Waals surface area contributed by atoms with E-state index < -0.39 is 0 Å². The third-order valence-electron chi connectivity index (χ3n) is 2.73. The third kappa shape index (κ3) is 1.39. The fourth-order valence-corrected chi connectivity index (χ4v) is 1.99. The summed E-state index contributed by atoms with van der Waals surface area (Å²) in [5, 5.41) is 0.633. The maximum absolute atomic E-state index is 13.9. The van der Waals surface area contributed by atoms with Crippen molar-refractivity contribution in [2.24, 2.45) is 0 Å². The van der Waals surface area contributed by atoms with Gasteiger partial charge in [0.05, 0.1) is 12.6 Å². The summed E-state index contributed by atoms with van der Waals surface area (Å²) in [6, 6.07) is 5.42. The zero-order valence-corrected chi connectivity index (χ0v) is 9.17. The maximum atomic E-state index is 13.9. The minimum absolute atomic E-state index is 0.273. The Balaban J connectivity index is 2.79. The van der Waals surface area contributed by atoms with Crippen molar-refractivity contribution in [1.82, 2.24) is 4.57 Å². The van der Waals surface area contributed by atoms with E-state index in [1.165, 1.54) is 7.11 Å². The van der Waals surface area contributed by atoms with Crippen LogP contribution in [0.25, 0.3) is 10.9 Å². The molecule has 0 aliphatic heterocycles. The van der Waals surface area contributed by atoms with E-state index in [4.69, 9.17) is 4.74 Å². The van der Waals surface area contributed by atoms with Crippen LogP contribution in [0.2, 0.25) is 0 Å². The topological polar surface area (TPSA) is 14.2 Å². The monoisotopic (exact) mass is 207 g/mol. The molecule has 0 N–H and O–H groups in total. The van der Waals surface area contributed by atoms with Crippen LogP contribution in [-0.2, 0) is 6.54 Å². The summed E-state index contributed by atoms with van der Waals surface area (Å²) < 4.78 is 20.9. The second kappa shape index (κ2) is 3.57. The second-order valence-electron chi connectivity index (χ2n) is 3.54. The first-order valence-corrected chi connectivity index (χ1v) is 5.01. The highest BCUT2D eigenvalue weighted by Crippen LogP contribution is 2.28. The molecule has 15 heavy (non-hydrogen) atoms. The maximum Gasteiger partial charge on any atom is 0.174 e. The second-order valence-corrected chi connectivity index (χ2v) is 3.54. The minimum atomic E-state index is -0.273. The van der Waals surface area contributed by atoms with Crippen LogP contribution in [0.1, 0.15) is 12.6 Å². The van der Waals surface area contributed by atoms with Gasteiger partial charge in [-0.2, -0.15) is 0 Å². The number of methoxy groups -OCH3 is 1. The molecule has 2 rings (SSSR count). The summed E-state index contributed by atoms with van der Waals surface area (Å²) in [5.74, 6) is 0.0288. The first-order chi connectivity index (χ1) is 7.19. The van der Waals surface area contributed by atoms with Crippen molar-refractivity contribution in [3.05, 3.63) is 29.7 Å². The van der Waals surface area contributed by atoms with Gasteiger partial charge < -0.3 is 9.30 Å². The average molecular weight is 207 g/mol. The van der Waals surface area contributed by atoms with E-state index in [1.807, 2.05) is 19.1 Å². The standard InChI is InChI=1S/C12H14FNO/c1-4-14-8(2)7-9-10(14)5-6-11(15-3)12(9)13/h5-7H,4H2,1-3H3. The van der Waals surface area contributed by atoms with E-state index in [1.54, 1.807) is 6.07 Å². The van der Waals surface area contributed by atoms with Crippen molar-refractivity contribution < 1.29 is 9.13 Å². The van der Waals surface area contributed by atoms with E-state index in [0.717, 1.165) is 17.8 Å². The van der Waals surface area contributed by atoms with Crippen LogP contribution in [0, 0.1) is 12.7 Å². The molecule has 3 heteroatoms. The predicted octanol–water partition coefficient (Wildman–Crippen LogP) is 3.12. The molecule has 1 aromatic carbocycles. The van der Waals surface area contributed by atoms with Crippen LogP contribution < -0.4 is 4.74 Å². The van der Waals surface area contributed by atoms with Crippen LogP contribution in [0.3, 0.4) is 0 Å². The Bertz CT molecular complexity index is 502. The molecule has 0 radical (unpaired) electrons. The molecule has 80 valence electrons. The average Bonchev–Trinajstić information content (AvgIpc) is 2.56. The quantitative estimate of drug-likeness (QED) is 0.738. The van der Waals surface area contributed by atoms with E-state index in [9.17, 15) is 4.39 Å². The molecule has 1 heterocycles. The van der Waals surface area contributed by atoms with Gasteiger partial charge >= 0.3 is 0 Å². The number of hydrogen-bond donors (Lipinski definition) is 0. The Morgan fingerprint density at radius 1 is 1.40 bits per heavy atom. The van der Waals surface area contributed by atoms with Crippen LogP contribution >= 0.6 is 0 Å². The van der Waals surface area contributed by atoms with Gasteiger partial charge in [-0.1, -0.05) is 0 Å². The van der Waals surface area contributed by atoms with E-state index in [0.29, 0.717) is 11.1 Å². The lowest BCUT2D eigenvalue weighted by Crippen LogP contribution is -1.96. The van der Waals surface area contributed by atoms with Crippen LogP contribution in [0.5, 0.6) is 5.75 Å². The van der Waals surface area contributed by atoms with E-state index in [-0.39, 0.29) is 5.82 Å². The molecule has 1 aromatic heterocycles. The van der Waals surface area contributed by atoms with Crippen LogP contribution in [0.15, 0.2) is 18.2 Å². The zero-order valence-electron chi connectivity index (χ0n) is 9.17. The Kier molecular flexibility index (Phi) is 2.39. The van der Waals surface area contributed by atoms with Crippen molar-refractivity contribution in [3.8, 4) is 5.75 Å². The Morgan fingerprint density at radius 3 is 2.73 bits per heavy atom. The number of aryl methyl sites for hydroxylation is 2. The SMILES string of the molecule is CCn1c(C)cc2c(F)c(OC)ccc21. The van der Waals surface area contributed by atoms with Crippen molar-refractivity contribution in [2.75, 3.05) is 7.11 Å². The summed E-state index contributed by atoms with van der Waals surface area (Å²) in [4.78, 5) is 0. The Morgan fingerprint density at radius 2 is 2.13 bits per heavy atom. The van der Waals surface area contributed by atoms with E-state index >= 15 is 0 Å². The first-order valence-electron chi connectivity index (χ1n) is 5.01. The minimum Gasteiger partial charge on any atom is -0.494 e. The molecule has 2 aromatic rings. The van der Waals surface area contributed by atoms with Crippen molar-refractivity contribution in [2.45, 2.75) is 20.4 Å². The lowest BCUT2D eigenvalue weighted by Gasteiger charge is -2.05. The van der Waals surface area contributed by atoms with Crippen molar-refractivity contribution in [1.29, 1.82) is 0 Å². The molecule has 0 saturated heterocycles. The molecule has 0 saturated carbocycles. The highest BCUT2D eigenvalue weighted by Gasteiger charge is 2.12. The molecular formula is C12H14FNO. The number of nitrogens with zero attached hydrogens (tertiary/aromatic N) is 1. The highest BCUT2D eigenvalue weighted by atomic mass is 19.1. The number of rotatable bonds is 2. The molecular weight excluding hydrogens is 193 g/mol. The zero-order chi connectivity index (χ0) is 11.0. The molecule has 0 fully saturated rings. The van der Waals surface area contributed by atoms with Gasteiger partial charge in [0.25, 0.3) is 0 Å². The highest BCUT2D eigenvalue weighted by molar-refractivity contribution is 5.83. The van der Waals surface area contributed by atoms with Gasteiger partial charge in [-0.3, -0.25) is 0 Å². The molecule has 0 amide bonds. The number of ether oxygens (including phenoxy) is 1. The fraction of sp³-hybridized carbons (Fsp3) is 0.333. The lowest BCUT2D eigenvalue weighted by atomic mass is 10.2. The van der Waals surface area contributed by atoms with Crippen LogP contribution in [0.4, 0.5) is 4.39 Å². The summed E-state index contributed by atoms with van der Waals surface area (Å²) in [7, 11) is 1.48. The first kappa shape index (κ1) is 10.0. The molecule has 0 aliphatic carbocycles. The van der Waals surface area contributed by atoms with Gasteiger partial charge in [0.1, 0.15) is 0 Å². The number of fused-ring (bicyclic) bond motifs is 1. The third-order valence-corrected chi connectivity index (χ3v) is 2.73. The van der Waals surface area contributed by atoms with Gasteiger partial charge in [-0.15, -0.1) is 0 Å². The number of hydrogen-bond acceptors (Lipinski definition) is 1. The molecule has 0 atom stereocenters. The van der Waals surface area contributed by atoms with Crippen molar-refractivity contribution >= 4 is 10.9 Å². The summed E-state index contributed by atoms with van der Waals surface area (Å²) in [5.41, 5.74) is 1.99. The summed E-state index contributed by atoms with van der Waals surface area (Å²) in [6.07, 6.45) is 0. The van der Waals surface area contributed by atoms with Gasteiger partial charge in [-0.25, -0.2) is 4.39 Å². The Hall–Kier alpha value is -1.51.